The lowest BCUT2D eigenvalue weighted by Crippen LogP contribution is -2.27. The van der Waals surface area contributed by atoms with Crippen LogP contribution in [0.4, 0.5) is 13.2 Å². The molecule has 126 valence electrons. The predicted octanol–water partition coefficient (Wildman–Crippen LogP) is 3.12. The first-order chi connectivity index (χ1) is 11.9. The lowest BCUT2D eigenvalue weighted by molar-refractivity contribution is -0.557. The van der Waals surface area contributed by atoms with Crippen molar-refractivity contribution in [3.8, 4) is 5.69 Å². The first kappa shape index (κ1) is 15.6. The average Bonchev–Trinajstić information content (AvgIpc) is 2.92. The van der Waals surface area contributed by atoms with Crippen LogP contribution in [-0.4, -0.2) is 14.9 Å². The molecule has 0 bridgehead atoms. The minimum atomic E-state index is -4.44. The van der Waals surface area contributed by atoms with E-state index in [0.717, 1.165) is 16.8 Å². The number of nitrogens with zero attached hydrogens (tertiary/aromatic N) is 3. The van der Waals surface area contributed by atoms with Crippen LogP contribution < -0.4 is 10.1 Å². The molecule has 0 atom stereocenters. The Morgan fingerprint density at radius 3 is 2.44 bits per heavy atom. The van der Waals surface area contributed by atoms with E-state index in [4.69, 9.17) is 11.6 Å². The third-order valence-electron chi connectivity index (χ3n) is 3.83. The third kappa shape index (κ3) is 2.45. The Kier molecular flexibility index (Phi) is 3.33. The van der Waals surface area contributed by atoms with Crippen LogP contribution in [0, 0.1) is 0 Å². The molecule has 1 N–H and O–H groups in total. The van der Waals surface area contributed by atoms with E-state index >= 15 is 0 Å². The fourth-order valence-electron chi connectivity index (χ4n) is 2.62. The monoisotopic (exact) mass is 365 g/mol. The SMILES string of the molecule is O=c1c2nc(Cl)c3ccccc3[n+]2[nH]n1-c1ccc(C(F)(F)F)cc1. The summed E-state index contributed by atoms with van der Waals surface area (Å²) >= 11 is 6.12. The summed E-state index contributed by atoms with van der Waals surface area (Å²) in [5.74, 6) is 0. The Balaban J connectivity index is 1.96. The number of aromatic nitrogens is 4. The van der Waals surface area contributed by atoms with Crippen molar-refractivity contribution in [1.82, 2.24) is 14.9 Å². The van der Waals surface area contributed by atoms with Crippen LogP contribution >= 0.6 is 11.6 Å². The van der Waals surface area contributed by atoms with E-state index in [1.807, 2.05) is 0 Å². The zero-order valence-electron chi connectivity index (χ0n) is 12.4. The highest BCUT2D eigenvalue weighted by Crippen LogP contribution is 2.29. The van der Waals surface area contributed by atoms with Gasteiger partial charge in [0, 0.05) is 0 Å². The number of H-pyrrole nitrogens is 1. The van der Waals surface area contributed by atoms with E-state index in [0.29, 0.717) is 10.9 Å². The maximum Gasteiger partial charge on any atom is 0.416 e. The molecule has 0 amide bonds. The molecular weight excluding hydrogens is 357 g/mol. The fourth-order valence-corrected chi connectivity index (χ4v) is 2.86. The maximum absolute atomic E-state index is 12.7. The van der Waals surface area contributed by atoms with Crippen LogP contribution in [0.2, 0.25) is 5.15 Å². The number of fused-ring (bicyclic) bond motifs is 3. The lowest BCUT2D eigenvalue weighted by atomic mass is 10.2. The molecule has 4 rings (SSSR count). The molecule has 25 heavy (non-hydrogen) atoms. The summed E-state index contributed by atoms with van der Waals surface area (Å²) in [7, 11) is 0. The van der Waals surface area contributed by atoms with Crippen molar-refractivity contribution in [2.75, 3.05) is 0 Å². The van der Waals surface area contributed by atoms with Crippen molar-refractivity contribution in [2.45, 2.75) is 6.18 Å². The van der Waals surface area contributed by atoms with Crippen molar-refractivity contribution in [3.63, 3.8) is 0 Å². The van der Waals surface area contributed by atoms with Gasteiger partial charge in [-0.05, 0) is 48.0 Å². The number of hydrogen-bond acceptors (Lipinski definition) is 2. The Morgan fingerprint density at radius 2 is 1.76 bits per heavy atom. The molecule has 2 aromatic heterocycles. The van der Waals surface area contributed by atoms with Crippen molar-refractivity contribution in [2.24, 2.45) is 0 Å². The van der Waals surface area contributed by atoms with Gasteiger partial charge in [-0.25, -0.2) is 4.79 Å². The van der Waals surface area contributed by atoms with Gasteiger partial charge in [-0.3, -0.25) is 0 Å². The number of hydrogen-bond donors (Lipinski definition) is 1. The van der Waals surface area contributed by atoms with Gasteiger partial charge in [0.05, 0.1) is 10.9 Å². The molecule has 2 aromatic carbocycles. The Morgan fingerprint density at radius 1 is 1.08 bits per heavy atom. The van der Waals surface area contributed by atoms with Crippen LogP contribution in [0.25, 0.3) is 22.2 Å². The van der Waals surface area contributed by atoms with E-state index < -0.39 is 17.3 Å². The molecule has 0 saturated heterocycles. The Bertz CT molecular complexity index is 1160. The van der Waals surface area contributed by atoms with Crippen LogP contribution in [0.1, 0.15) is 5.56 Å². The normalized spacial score (nSPS) is 12.2. The predicted molar refractivity (Wildman–Crippen MR) is 84.9 cm³/mol. The zero-order chi connectivity index (χ0) is 17.8. The molecule has 0 fully saturated rings. The smallest absolute Gasteiger partial charge is 0.241 e. The van der Waals surface area contributed by atoms with Gasteiger partial charge in [-0.15, -0.1) is 14.4 Å². The standard InChI is InChI=1S/C16H8ClF3N4O/c17-13-11-3-1-2-4-12(11)24-14(21-13)15(25)23(22-24)10-7-5-9(6-8-10)16(18,19)20/h1-8H/p+1. The minimum absolute atomic E-state index is 0.0450. The number of aromatic amines is 1. The topological polar surface area (TPSA) is 54.8 Å². The van der Waals surface area contributed by atoms with Crippen LogP contribution in [0.3, 0.4) is 0 Å². The second-order valence-corrected chi connectivity index (χ2v) is 5.72. The van der Waals surface area contributed by atoms with Crippen LogP contribution in [0.15, 0.2) is 53.3 Å². The number of nitrogens with one attached hydrogen (secondary N) is 1. The Labute approximate surface area is 142 Å². The van der Waals surface area contributed by atoms with Crippen molar-refractivity contribution in [1.29, 1.82) is 0 Å². The summed E-state index contributed by atoms with van der Waals surface area (Å²) in [6.45, 7) is 0. The van der Waals surface area contributed by atoms with E-state index in [-0.39, 0.29) is 16.5 Å². The van der Waals surface area contributed by atoms with Gasteiger partial charge in [0.1, 0.15) is 11.2 Å². The molecule has 0 spiro atoms. The maximum atomic E-state index is 12.7. The summed E-state index contributed by atoms with van der Waals surface area (Å²) < 4.78 is 40.6. The second-order valence-electron chi connectivity index (χ2n) is 5.36. The molecule has 0 aliphatic carbocycles. The quantitative estimate of drug-likeness (QED) is 0.416. The molecule has 0 saturated carbocycles. The average molecular weight is 366 g/mol. The zero-order valence-corrected chi connectivity index (χ0v) is 13.1. The molecule has 9 heteroatoms. The van der Waals surface area contributed by atoms with E-state index in [2.05, 4.69) is 10.2 Å². The summed E-state index contributed by atoms with van der Waals surface area (Å²) in [6, 6.07) is 11.3. The van der Waals surface area contributed by atoms with E-state index in [1.165, 1.54) is 16.6 Å². The van der Waals surface area contributed by atoms with Gasteiger partial charge in [0.25, 0.3) is 0 Å². The van der Waals surface area contributed by atoms with Gasteiger partial charge in [-0.2, -0.15) is 13.2 Å². The van der Waals surface area contributed by atoms with Crippen molar-refractivity contribution < 1.29 is 17.7 Å². The van der Waals surface area contributed by atoms with Gasteiger partial charge < -0.3 is 0 Å². The largest absolute Gasteiger partial charge is 0.416 e. The number of benzene rings is 2. The van der Waals surface area contributed by atoms with Crippen LogP contribution in [-0.2, 0) is 6.18 Å². The van der Waals surface area contributed by atoms with Crippen molar-refractivity contribution >= 4 is 28.2 Å². The lowest BCUT2D eigenvalue weighted by Gasteiger charge is -2.05. The molecular formula is C16H9ClF3N4O+. The summed E-state index contributed by atoms with van der Waals surface area (Å²) in [5, 5.41) is 3.64. The minimum Gasteiger partial charge on any atom is -0.241 e. The van der Waals surface area contributed by atoms with Gasteiger partial charge in [0.15, 0.2) is 0 Å². The molecule has 0 unspecified atom stereocenters. The van der Waals surface area contributed by atoms with Gasteiger partial charge >= 0.3 is 17.4 Å². The number of alkyl halides is 3. The first-order valence-electron chi connectivity index (χ1n) is 7.15. The highest BCUT2D eigenvalue weighted by atomic mass is 35.5. The summed E-state index contributed by atoms with van der Waals surface area (Å²) in [4.78, 5) is 16.7. The highest BCUT2D eigenvalue weighted by molar-refractivity contribution is 6.34. The molecule has 0 radical (unpaired) electrons. The molecule has 2 heterocycles. The van der Waals surface area contributed by atoms with E-state index in [1.54, 1.807) is 24.3 Å². The summed E-state index contributed by atoms with van der Waals surface area (Å²) in [5.41, 5.74) is -0.389. The molecule has 0 aliphatic heterocycles. The van der Waals surface area contributed by atoms with E-state index in [9.17, 15) is 18.0 Å². The summed E-state index contributed by atoms with van der Waals surface area (Å²) in [6.07, 6.45) is -4.44. The third-order valence-corrected chi connectivity index (χ3v) is 4.12. The molecule has 0 aliphatic rings. The van der Waals surface area contributed by atoms with Crippen LogP contribution in [0.5, 0.6) is 0 Å². The van der Waals surface area contributed by atoms with Gasteiger partial charge in [0.2, 0.25) is 5.15 Å². The highest BCUT2D eigenvalue weighted by Gasteiger charge is 2.30. The number of rotatable bonds is 1. The van der Waals surface area contributed by atoms with Crippen molar-refractivity contribution in [3.05, 3.63) is 69.6 Å². The molecule has 4 aromatic rings. The second kappa shape index (κ2) is 5.32. The molecule has 5 nitrogen and oxygen atoms in total. The fraction of sp³-hybridized carbons (Fsp3) is 0.0625. The number of para-hydroxylation sites is 1. The number of halogens is 4. The van der Waals surface area contributed by atoms with Gasteiger partial charge in [-0.1, -0.05) is 17.1 Å². The Hall–Kier alpha value is -2.87. The first-order valence-corrected chi connectivity index (χ1v) is 7.53.